The van der Waals surface area contributed by atoms with E-state index in [1.165, 1.54) is 30.0 Å². The van der Waals surface area contributed by atoms with Gasteiger partial charge in [0.1, 0.15) is 0 Å². The number of amides is 3. The number of nitrogens with zero attached hydrogens (tertiary/aromatic N) is 2. The molecule has 4 aromatic rings. The van der Waals surface area contributed by atoms with Crippen LogP contribution in [0.5, 0.6) is 0 Å². The number of aromatic nitrogens is 2. The Balaban J connectivity index is 1.30. The van der Waals surface area contributed by atoms with Gasteiger partial charge >= 0.3 is 0 Å². The third-order valence-corrected chi connectivity index (χ3v) is 6.40. The maximum atomic E-state index is 12.6. The van der Waals surface area contributed by atoms with Gasteiger partial charge in [-0.25, -0.2) is 0 Å². The van der Waals surface area contributed by atoms with Gasteiger partial charge in [0, 0.05) is 23.9 Å². The molecule has 33 heavy (non-hydrogen) atoms. The summed E-state index contributed by atoms with van der Waals surface area (Å²) in [6.07, 6.45) is 0. The van der Waals surface area contributed by atoms with Crippen LogP contribution in [0.4, 0.5) is 16.5 Å². The van der Waals surface area contributed by atoms with E-state index < -0.39 is 0 Å². The number of hydrogen-bond donors (Lipinski definition) is 3. The van der Waals surface area contributed by atoms with E-state index in [2.05, 4.69) is 26.1 Å². The molecule has 0 aliphatic carbocycles. The molecule has 3 amide bonds. The van der Waals surface area contributed by atoms with E-state index >= 15 is 0 Å². The van der Waals surface area contributed by atoms with Crippen LogP contribution in [0.25, 0.3) is 10.8 Å². The number of hydrogen-bond acceptors (Lipinski definition) is 7. The number of fused-ring (bicyclic) bond motifs is 1. The topological polar surface area (TPSA) is 113 Å². The summed E-state index contributed by atoms with van der Waals surface area (Å²) in [6, 6.07) is 20.2. The molecule has 0 spiro atoms. The zero-order chi connectivity index (χ0) is 23.2. The number of nitrogens with one attached hydrogen (secondary N) is 3. The van der Waals surface area contributed by atoms with Crippen LogP contribution < -0.4 is 16.0 Å². The fourth-order valence-electron chi connectivity index (χ4n) is 3.02. The monoisotopic (exact) mass is 477 g/mol. The van der Waals surface area contributed by atoms with Crippen LogP contribution in [0.2, 0.25) is 0 Å². The quantitative estimate of drug-likeness (QED) is 0.264. The average Bonchev–Trinajstić information content (AvgIpc) is 3.24. The summed E-state index contributed by atoms with van der Waals surface area (Å²) in [5, 5.41) is 18.6. The first-order chi connectivity index (χ1) is 16.0. The molecule has 0 saturated heterocycles. The molecule has 3 aromatic carbocycles. The molecule has 166 valence electrons. The Labute approximate surface area is 197 Å². The highest BCUT2D eigenvalue weighted by atomic mass is 32.2. The van der Waals surface area contributed by atoms with E-state index in [1.807, 2.05) is 36.4 Å². The highest BCUT2D eigenvalue weighted by Gasteiger charge is 2.13. The van der Waals surface area contributed by atoms with E-state index in [0.29, 0.717) is 26.4 Å². The Morgan fingerprint density at radius 3 is 2.39 bits per heavy atom. The summed E-state index contributed by atoms with van der Waals surface area (Å²) in [7, 11) is 0. The third kappa shape index (κ3) is 6.15. The summed E-state index contributed by atoms with van der Waals surface area (Å²) >= 11 is 2.42. The van der Waals surface area contributed by atoms with Crippen LogP contribution in [-0.4, -0.2) is 33.7 Å². The maximum Gasteiger partial charge on any atom is 0.257 e. The van der Waals surface area contributed by atoms with Gasteiger partial charge in [-0.2, -0.15) is 0 Å². The first-order valence-corrected chi connectivity index (χ1v) is 11.7. The van der Waals surface area contributed by atoms with Gasteiger partial charge in [0.2, 0.25) is 16.9 Å². The van der Waals surface area contributed by atoms with E-state index in [1.54, 1.807) is 30.3 Å². The van der Waals surface area contributed by atoms with Gasteiger partial charge in [-0.1, -0.05) is 59.5 Å². The lowest BCUT2D eigenvalue weighted by atomic mass is 10.1. The SMILES string of the molecule is CC(=O)Nc1cccc(NC(=O)CSc2nnc(NC(=O)c3ccc4ccccc4c3)s2)c1. The van der Waals surface area contributed by atoms with E-state index in [0.717, 1.165) is 10.8 Å². The van der Waals surface area contributed by atoms with Gasteiger partial charge in [-0.3, -0.25) is 19.7 Å². The van der Waals surface area contributed by atoms with Crippen molar-refractivity contribution in [2.75, 3.05) is 21.7 Å². The van der Waals surface area contributed by atoms with Crippen molar-refractivity contribution in [3.63, 3.8) is 0 Å². The maximum absolute atomic E-state index is 12.6. The van der Waals surface area contributed by atoms with Crippen LogP contribution in [0.15, 0.2) is 71.1 Å². The fraction of sp³-hybridized carbons (Fsp3) is 0.0870. The summed E-state index contributed by atoms with van der Waals surface area (Å²) < 4.78 is 0.561. The molecule has 8 nitrogen and oxygen atoms in total. The van der Waals surface area contributed by atoms with Gasteiger partial charge < -0.3 is 10.6 Å². The molecule has 3 N–H and O–H groups in total. The van der Waals surface area contributed by atoms with Crippen molar-refractivity contribution >= 4 is 68.1 Å². The molecule has 0 saturated carbocycles. The predicted molar refractivity (Wildman–Crippen MR) is 132 cm³/mol. The first-order valence-electron chi connectivity index (χ1n) is 9.90. The largest absolute Gasteiger partial charge is 0.326 e. The predicted octanol–water partition coefficient (Wildman–Crippen LogP) is 4.63. The Kier molecular flexibility index (Phi) is 6.96. The van der Waals surface area contributed by atoms with Crippen molar-refractivity contribution in [1.82, 2.24) is 10.2 Å². The van der Waals surface area contributed by atoms with Crippen LogP contribution in [0, 0.1) is 0 Å². The molecule has 0 radical (unpaired) electrons. The highest BCUT2D eigenvalue weighted by molar-refractivity contribution is 8.01. The zero-order valence-electron chi connectivity index (χ0n) is 17.5. The lowest BCUT2D eigenvalue weighted by Gasteiger charge is -2.07. The second kappa shape index (κ2) is 10.2. The van der Waals surface area contributed by atoms with E-state index in [4.69, 9.17) is 0 Å². The van der Waals surface area contributed by atoms with E-state index in [-0.39, 0.29) is 23.5 Å². The minimum atomic E-state index is -0.273. The molecular formula is C23H19N5O3S2. The van der Waals surface area contributed by atoms with Crippen LogP contribution in [-0.2, 0) is 9.59 Å². The molecule has 0 unspecified atom stereocenters. The summed E-state index contributed by atoms with van der Waals surface area (Å²) in [5.41, 5.74) is 1.70. The Hall–Kier alpha value is -3.76. The van der Waals surface area contributed by atoms with E-state index in [9.17, 15) is 14.4 Å². The van der Waals surface area contributed by atoms with Gasteiger partial charge in [-0.05, 0) is 41.1 Å². The van der Waals surface area contributed by atoms with Gasteiger partial charge in [0.15, 0.2) is 4.34 Å². The van der Waals surface area contributed by atoms with Crippen molar-refractivity contribution in [3.8, 4) is 0 Å². The number of thioether (sulfide) groups is 1. The molecular weight excluding hydrogens is 458 g/mol. The number of carbonyl (C=O) groups is 3. The Morgan fingerprint density at radius 2 is 1.61 bits per heavy atom. The molecule has 0 aliphatic rings. The van der Waals surface area contributed by atoms with Crippen molar-refractivity contribution in [3.05, 3.63) is 72.3 Å². The lowest BCUT2D eigenvalue weighted by Crippen LogP contribution is -2.14. The Morgan fingerprint density at radius 1 is 0.848 bits per heavy atom. The molecule has 0 aliphatic heterocycles. The molecule has 0 bridgehead atoms. The minimum Gasteiger partial charge on any atom is -0.326 e. The van der Waals surface area contributed by atoms with Crippen molar-refractivity contribution in [1.29, 1.82) is 0 Å². The molecule has 1 aromatic heterocycles. The Bertz CT molecular complexity index is 1340. The molecule has 10 heteroatoms. The van der Waals surface area contributed by atoms with Gasteiger partial charge in [-0.15, -0.1) is 10.2 Å². The smallest absolute Gasteiger partial charge is 0.257 e. The average molecular weight is 478 g/mol. The summed E-state index contributed by atoms with van der Waals surface area (Å²) in [5.74, 6) is -0.562. The normalized spacial score (nSPS) is 10.6. The van der Waals surface area contributed by atoms with Crippen molar-refractivity contribution < 1.29 is 14.4 Å². The zero-order valence-corrected chi connectivity index (χ0v) is 19.1. The standard InChI is InChI=1S/C23H19N5O3S2/c1-14(29)24-18-7-4-8-19(12-18)25-20(30)13-32-23-28-27-22(33-23)26-21(31)17-10-9-15-5-2-3-6-16(15)11-17/h2-12H,13H2,1H3,(H,24,29)(H,25,30)(H,26,27,31). The summed E-state index contributed by atoms with van der Waals surface area (Å²) in [4.78, 5) is 36.0. The van der Waals surface area contributed by atoms with Crippen molar-refractivity contribution in [2.24, 2.45) is 0 Å². The minimum absolute atomic E-state index is 0.123. The van der Waals surface area contributed by atoms with Gasteiger partial charge in [0.25, 0.3) is 5.91 Å². The molecule has 0 atom stereocenters. The number of rotatable bonds is 7. The summed E-state index contributed by atoms with van der Waals surface area (Å²) in [6.45, 7) is 1.42. The number of anilines is 3. The van der Waals surface area contributed by atoms with Crippen LogP contribution in [0.3, 0.4) is 0 Å². The fourth-order valence-corrected chi connectivity index (χ4v) is 4.57. The highest BCUT2D eigenvalue weighted by Crippen LogP contribution is 2.26. The second-order valence-electron chi connectivity index (χ2n) is 6.99. The lowest BCUT2D eigenvalue weighted by molar-refractivity contribution is -0.114. The van der Waals surface area contributed by atoms with Gasteiger partial charge in [0.05, 0.1) is 5.75 Å². The first kappa shape index (κ1) is 22.4. The second-order valence-corrected chi connectivity index (χ2v) is 9.19. The van der Waals surface area contributed by atoms with Crippen LogP contribution >= 0.6 is 23.1 Å². The number of carbonyl (C=O) groups excluding carboxylic acids is 3. The third-order valence-electron chi connectivity index (χ3n) is 4.43. The molecule has 1 heterocycles. The molecule has 4 rings (SSSR count). The molecule has 0 fully saturated rings. The van der Waals surface area contributed by atoms with Crippen LogP contribution in [0.1, 0.15) is 17.3 Å². The van der Waals surface area contributed by atoms with Crippen molar-refractivity contribution in [2.45, 2.75) is 11.3 Å². The number of benzene rings is 3.